The van der Waals surface area contributed by atoms with Gasteiger partial charge in [-0.1, -0.05) is 41.6 Å². The van der Waals surface area contributed by atoms with E-state index in [0.717, 1.165) is 20.1 Å². The topological polar surface area (TPSA) is 50.3 Å². The minimum absolute atomic E-state index is 0.172. The van der Waals surface area contributed by atoms with Gasteiger partial charge in [-0.05, 0) is 36.8 Å². The summed E-state index contributed by atoms with van der Waals surface area (Å²) in [4.78, 5) is 31.1. The number of hydrogen-bond donors (Lipinski definition) is 0. The second-order valence-corrected chi connectivity index (χ2v) is 8.60. The highest BCUT2D eigenvalue weighted by Crippen LogP contribution is 2.38. The molecule has 0 bridgehead atoms. The highest BCUT2D eigenvalue weighted by Gasteiger charge is 2.41. The van der Waals surface area contributed by atoms with E-state index in [1.807, 2.05) is 31.2 Å². The molecular weight excluding hydrogens is 376 g/mol. The largest absolute Gasteiger partial charge is 0.274 e. The van der Waals surface area contributed by atoms with Crippen molar-refractivity contribution in [3.8, 4) is 0 Å². The van der Waals surface area contributed by atoms with Crippen LogP contribution in [0, 0.1) is 6.92 Å². The highest BCUT2D eigenvalue weighted by atomic mass is 35.5. The minimum Gasteiger partial charge on any atom is -0.274 e. The molecule has 126 valence electrons. The second-order valence-electron chi connectivity index (χ2n) is 5.71. The van der Waals surface area contributed by atoms with Gasteiger partial charge in [0.25, 0.3) is 0 Å². The molecule has 1 atom stereocenters. The summed E-state index contributed by atoms with van der Waals surface area (Å²) in [6.07, 6.45) is 0.172. The maximum Gasteiger partial charge on any atom is 0.247 e. The van der Waals surface area contributed by atoms with Gasteiger partial charge in [0, 0.05) is 11.4 Å². The molecule has 25 heavy (non-hydrogen) atoms. The predicted octanol–water partition coefficient (Wildman–Crippen LogP) is 4.68. The fourth-order valence-electron chi connectivity index (χ4n) is 2.81. The average molecular weight is 389 g/mol. The number of hydrogen-bond acceptors (Lipinski definition) is 5. The monoisotopic (exact) mass is 388 g/mol. The fourth-order valence-corrected chi connectivity index (χ4v) is 5.31. The molecule has 0 N–H and O–H groups in total. The van der Waals surface area contributed by atoms with Gasteiger partial charge < -0.3 is 0 Å². The van der Waals surface area contributed by atoms with Crippen LogP contribution in [-0.4, -0.2) is 22.0 Å². The number of aromatic nitrogens is 1. The number of amides is 2. The van der Waals surface area contributed by atoms with Crippen LogP contribution in [0.2, 0.25) is 5.02 Å². The van der Waals surface area contributed by atoms with Crippen molar-refractivity contribution >= 4 is 62.4 Å². The predicted molar refractivity (Wildman–Crippen MR) is 103 cm³/mol. The Labute approximate surface area is 157 Å². The minimum atomic E-state index is -0.452. The molecule has 1 fully saturated rings. The molecule has 4 rings (SSSR count). The van der Waals surface area contributed by atoms with E-state index in [9.17, 15) is 9.59 Å². The fraction of sp³-hybridized carbons (Fsp3) is 0.167. The van der Waals surface area contributed by atoms with E-state index in [1.54, 1.807) is 18.2 Å². The van der Waals surface area contributed by atoms with E-state index < -0.39 is 5.25 Å². The van der Waals surface area contributed by atoms with E-state index >= 15 is 0 Å². The maximum absolute atomic E-state index is 12.8. The second kappa shape index (κ2) is 6.44. The van der Waals surface area contributed by atoms with Crippen molar-refractivity contribution in [1.82, 2.24) is 4.98 Å². The summed E-state index contributed by atoms with van der Waals surface area (Å²) in [5.41, 5.74) is 2.21. The van der Waals surface area contributed by atoms with Gasteiger partial charge in [0.15, 0.2) is 4.34 Å². The third-order valence-electron chi connectivity index (χ3n) is 4.10. The Balaban J connectivity index is 1.61. The van der Waals surface area contributed by atoms with E-state index in [0.29, 0.717) is 10.7 Å². The molecule has 0 radical (unpaired) electrons. The molecule has 1 aromatic heterocycles. The Bertz CT molecular complexity index is 969. The molecule has 7 heteroatoms. The van der Waals surface area contributed by atoms with E-state index in [4.69, 9.17) is 11.6 Å². The zero-order valence-electron chi connectivity index (χ0n) is 13.2. The summed E-state index contributed by atoms with van der Waals surface area (Å²) < 4.78 is 1.88. The normalized spacial score (nSPS) is 17.7. The zero-order chi connectivity index (χ0) is 17.6. The number of thiazole rings is 1. The van der Waals surface area contributed by atoms with Crippen molar-refractivity contribution in [3.63, 3.8) is 0 Å². The zero-order valence-corrected chi connectivity index (χ0v) is 15.6. The van der Waals surface area contributed by atoms with Crippen molar-refractivity contribution in [1.29, 1.82) is 0 Å². The van der Waals surface area contributed by atoms with Crippen molar-refractivity contribution in [2.75, 3.05) is 4.90 Å². The van der Waals surface area contributed by atoms with Crippen LogP contribution >= 0.6 is 34.7 Å². The molecule has 1 aliphatic heterocycles. The molecule has 4 nitrogen and oxygen atoms in total. The van der Waals surface area contributed by atoms with Gasteiger partial charge in [-0.15, -0.1) is 11.3 Å². The van der Waals surface area contributed by atoms with Crippen molar-refractivity contribution in [2.24, 2.45) is 0 Å². The van der Waals surface area contributed by atoms with Crippen molar-refractivity contribution in [2.45, 2.75) is 22.9 Å². The van der Waals surface area contributed by atoms with Gasteiger partial charge in [0.05, 0.1) is 15.9 Å². The number of halogens is 1. The Morgan fingerprint density at radius 2 is 2.00 bits per heavy atom. The standard InChI is InChI=1S/C18H13ClN2O2S2/c1-10-11(19)5-4-7-13(10)21-16(22)9-15(17(21)23)25-18-20-12-6-2-3-8-14(12)24-18/h2-8,15H,9H2,1H3. The number of imide groups is 1. The quantitative estimate of drug-likeness (QED) is 0.611. The number of para-hydroxylation sites is 1. The summed E-state index contributed by atoms with van der Waals surface area (Å²) in [5.74, 6) is -0.409. The van der Waals surface area contributed by atoms with Gasteiger partial charge in [-0.25, -0.2) is 9.88 Å². The van der Waals surface area contributed by atoms with Gasteiger partial charge in [0.1, 0.15) is 5.25 Å². The average Bonchev–Trinajstić information content (AvgIpc) is 3.11. The van der Waals surface area contributed by atoms with Crippen molar-refractivity contribution < 1.29 is 9.59 Å². The third kappa shape index (κ3) is 2.94. The molecule has 2 heterocycles. The summed E-state index contributed by atoms with van der Waals surface area (Å²) in [5, 5.41) is 0.0896. The first-order valence-corrected chi connectivity index (χ1v) is 9.76. The van der Waals surface area contributed by atoms with Gasteiger partial charge in [-0.2, -0.15) is 0 Å². The first kappa shape index (κ1) is 16.6. The summed E-state index contributed by atoms with van der Waals surface area (Å²) in [7, 11) is 0. The lowest BCUT2D eigenvalue weighted by atomic mass is 10.2. The number of fused-ring (bicyclic) bond motifs is 1. The molecule has 1 unspecified atom stereocenters. The smallest absolute Gasteiger partial charge is 0.247 e. The van der Waals surface area contributed by atoms with Crippen LogP contribution in [0.1, 0.15) is 12.0 Å². The number of carbonyl (C=O) groups is 2. The molecule has 1 saturated heterocycles. The first-order chi connectivity index (χ1) is 12.0. The number of nitrogens with zero attached hydrogens (tertiary/aromatic N) is 2. The molecule has 0 saturated carbocycles. The number of carbonyl (C=O) groups excluding carboxylic acids is 2. The Morgan fingerprint density at radius 1 is 1.20 bits per heavy atom. The summed E-state index contributed by atoms with van der Waals surface area (Å²) >= 11 is 9.03. The lowest BCUT2D eigenvalue weighted by molar-refractivity contribution is -0.121. The van der Waals surface area contributed by atoms with Crippen LogP contribution in [0.3, 0.4) is 0 Å². The van der Waals surface area contributed by atoms with Gasteiger partial charge >= 0.3 is 0 Å². The number of benzene rings is 2. The van der Waals surface area contributed by atoms with E-state index in [2.05, 4.69) is 4.98 Å². The van der Waals surface area contributed by atoms with Crippen molar-refractivity contribution in [3.05, 3.63) is 53.1 Å². The Morgan fingerprint density at radius 3 is 2.80 bits per heavy atom. The van der Waals surface area contributed by atoms with Gasteiger partial charge in [-0.3, -0.25) is 9.59 Å². The van der Waals surface area contributed by atoms with Crippen LogP contribution in [0.4, 0.5) is 5.69 Å². The molecular formula is C18H13ClN2O2S2. The number of thioether (sulfide) groups is 1. The van der Waals surface area contributed by atoms with Crippen LogP contribution in [0.5, 0.6) is 0 Å². The highest BCUT2D eigenvalue weighted by molar-refractivity contribution is 8.02. The number of rotatable bonds is 3. The summed E-state index contributed by atoms with van der Waals surface area (Å²) in [6, 6.07) is 13.1. The molecule has 3 aromatic rings. The third-order valence-corrected chi connectivity index (χ3v) is 6.83. The maximum atomic E-state index is 12.8. The van der Waals surface area contributed by atoms with Crippen LogP contribution < -0.4 is 4.90 Å². The van der Waals surface area contributed by atoms with E-state index in [1.165, 1.54) is 28.0 Å². The first-order valence-electron chi connectivity index (χ1n) is 7.69. The van der Waals surface area contributed by atoms with Crippen LogP contribution in [0.15, 0.2) is 46.8 Å². The Hall–Kier alpha value is -1.89. The lowest BCUT2D eigenvalue weighted by Gasteiger charge is -2.17. The molecule has 0 aliphatic carbocycles. The Kier molecular flexibility index (Phi) is 4.27. The molecule has 1 aliphatic rings. The summed E-state index contributed by atoms with van der Waals surface area (Å²) in [6.45, 7) is 1.81. The molecule has 0 spiro atoms. The van der Waals surface area contributed by atoms with E-state index in [-0.39, 0.29) is 18.2 Å². The van der Waals surface area contributed by atoms with Gasteiger partial charge in [0.2, 0.25) is 11.8 Å². The lowest BCUT2D eigenvalue weighted by Crippen LogP contribution is -2.31. The number of anilines is 1. The molecule has 2 amide bonds. The molecule has 2 aromatic carbocycles. The van der Waals surface area contributed by atoms with Crippen LogP contribution in [-0.2, 0) is 9.59 Å². The SMILES string of the molecule is Cc1c(Cl)cccc1N1C(=O)CC(Sc2nc3ccccc3s2)C1=O. The van der Waals surface area contributed by atoms with Crippen LogP contribution in [0.25, 0.3) is 10.2 Å².